The summed E-state index contributed by atoms with van der Waals surface area (Å²) in [5.74, 6) is -0.421. The minimum absolute atomic E-state index is 0.0817. The summed E-state index contributed by atoms with van der Waals surface area (Å²) in [6, 6.07) is 5.23. The van der Waals surface area contributed by atoms with E-state index in [4.69, 9.17) is 5.11 Å². The molecule has 0 aliphatic heterocycles. The van der Waals surface area contributed by atoms with E-state index in [0.29, 0.717) is 12.0 Å². The molecule has 0 amide bonds. The number of phenolic OH excluding ortho intramolecular Hbond substituents is 1. The van der Waals surface area contributed by atoms with Crippen LogP contribution in [0.5, 0.6) is 5.75 Å². The van der Waals surface area contributed by atoms with Gasteiger partial charge in [-0.3, -0.25) is 4.21 Å². The molecule has 0 aromatic heterocycles. The molecule has 1 aromatic rings. The van der Waals surface area contributed by atoms with Gasteiger partial charge in [-0.05, 0) is 42.4 Å². The second-order valence-electron chi connectivity index (χ2n) is 4.83. The van der Waals surface area contributed by atoms with Crippen LogP contribution in [0.1, 0.15) is 36.8 Å². The first-order valence-corrected chi connectivity index (χ1v) is 7.88. The number of rotatable bonds is 8. The van der Waals surface area contributed by atoms with Crippen molar-refractivity contribution in [3.63, 3.8) is 0 Å². The van der Waals surface area contributed by atoms with Crippen molar-refractivity contribution in [2.45, 2.75) is 38.2 Å². The first-order chi connectivity index (χ1) is 9.47. The second kappa shape index (κ2) is 8.36. The van der Waals surface area contributed by atoms with Gasteiger partial charge in [-0.15, -0.1) is 0 Å². The molecule has 3 unspecified atom stereocenters. The van der Waals surface area contributed by atoms with Gasteiger partial charge in [0.2, 0.25) is 0 Å². The first kappa shape index (κ1) is 17.1. The Morgan fingerprint density at radius 3 is 2.55 bits per heavy atom. The van der Waals surface area contributed by atoms with Gasteiger partial charge in [-0.25, -0.2) is 0 Å². The summed E-state index contributed by atoms with van der Waals surface area (Å²) in [6.45, 7) is 1.62. The zero-order valence-corrected chi connectivity index (χ0v) is 12.3. The van der Waals surface area contributed by atoms with E-state index >= 15 is 0 Å². The highest BCUT2D eigenvalue weighted by atomic mass is 32.2. The van der Waals surface area contributed by atoms with Gasteiger partial charge in [0.05, 0.1) is 12.7 Å². The second-order valence-corrected chi connectivity index (χ2v) is 5.77. The van der Waals surface area contributed by atoms with Crippen molar-refractivity contribution in [1.29, 1.82) is 0 Å². The number of aryl methyl sites for hydroxylation is 1. The third kappa shape index (κ3) is 5.20. The van der Waals surface area contributed by atoms with Crippen molar-refractivity contribution in [3.8, 4) is 5.75 Å². The Morgan fingerprint density at radius 1 is 1.35 bits per heavy atom. The van der Waals surface area contributed by atoms with Gasteiger partial charge in [0.15, 0.2) is 0 Å². The van der Waals surface area contributed by atoms with Gasteiger partial charge in [0.25, 0.3) is 0 Å². The van der Waals surface area contributed by atoms with E-state index in [-0.39, 0.29) is 30.4 Å². The number of aliphatic hydroxyl groups excluding tert-OH is 2. The maximum Gasteiger partial charge on any atom is 0.119 e. The van der Waals surface area contributed by atoms with Crippen molar-refractivity contribution >= 4 is 11.1 Å². The highest BCUT2D eigenvalue weighted by Crippen LogP contribution is 2.31. The van der Waals surface area contributed by atoms with E-state index in [0.717, 1.165) is 12.0 Å². The van der Waals surface area contributed by atoms with Crippen molar-refractivity contribution in [1.82, 2.24) is 0 Å². The average Bonchev–Trinajstić information content (AvgIpc) is 2.42. The number of hydrogen-bond donors (Lipinski definition) is 3. The van der Waals surface area contributed by atoms with Gasteiger partial charge in [0.1, 0.15) is 5.75 Å². The molecule has 20 heavy (non-hydrogen) atoms. The van der Waals surface area contributed by atoms with Gasteiger partial charge in [0, 0.05) is 5.75 Å². The molecule has 1 aromatic carbocycles. The van der Waals surface area contributed by atoms with Crippen LogP contribution in [-0.2, 0) is 17.5 Å². The van der Waals surface area contributed by atoms with Gasteiger partial charge in [-0.2, -0.15) is 0 Å². The lowest BCUT2D eigenvalue weighted by molar-refractivity contribution is 0.0853. The van der Waals surface area contributed by atoms with Crippen LogP contribution in [0.15, 0.2) is 18.2 Å². The highest BCUT2D eigenvalue weighted by molar-refractivity contribution is 7.79. The van der Waals surface area contributed by atoms with Crippen LogP contribution in [0.3, 0.4) is 0 Å². The Morgan fingerprint density at radius 2 is 2.05 bits per heavy atom. The van der Waals surface area contributed by atoms with E-state index < -0.39 is 17.2 Å². The Hall–Kier alpha value is -0.950. The molecule has 0 radical (unpaired) electrons. The molecule has 5 nitrogen and oxygen atoms in total. The molecule has 114 valence electrons. The fourth-order valence-corrected chi connectivity index (χ4v) is 2.81. The van der Waals surface area contributed by atoms with E-state index in [1.54, 1.807) is 12.1 Å². The number of aromatic hydroxyl groups is 1. The van der Waals surface area contributed by atoms with Crippen molar-refractivity contribution in [2.24, 2.45) is 0 Å². The lowest BCUT2D eigenvalue weighted by Crippen LogP contribution is -2.16. The third-order valence-electron chi connectivity index (χ3n) is 3.34. The molecule has 0 heterocycles. The molecule has 0 fully saturated rings. The number of hydrogen-bond acceptors (Lipinski definition) is 5. The first-order valence-electron chi connectivity index (χ1n) is 6.64. The van der Waals surface area contributed by atoms with Gasteiger partial charge >= 0.3 is 0 Å². The molecular formula is C14H21O5S-. The van der Waals surface area contributed by atoms with Crippen LogP contribution in [0.4, 0.5) is 0 Å². The quantitative estimate of drug-likeness (QED) is 0.623. The lowest BCUT2D eigenvalue weighted by atomic mass is 9.92. The minimum Gasteiger partial charge on any atom is -0.772 e. The Labute approximate surface area is 121 Å². The predicted molar refractivity (Wildman–Crippen MR) is 76.3 cm³/mol. The maximum absolute atomic E-state index is 10.9. The molecule has 0 saturated carbocycles. The summed E-state index contributed by atoms with van der Waals surface area (Å²) in [4.78, 5) is 0. The fourth-order valence-electron chi connectivity index (χ4n) is 2.13. The molecular weight excluding hydrogens is 280 g/mol. The van der Waals surface area contributed by atoms with E-state index in [9.17, 15) is 19.0 Å². The number of benzene rings is 1. The molecule has 6 heteroatoms. The molecule has 0 spiro atoms. The van der Waals surface area contributed by atoms with E-state index in [2.05, 4.69) is 0 Å². The highest BCUT2D eigenvalue weighted by Gasteiger charge is 2.17. The molecule has 0 aliphatic rings. The molecule has 1 rings (SSSR count). The van der Waals surface area contributed by atoms with Crippen LogP contribution in [0.2, 0.25) is 0 Å². The fraction of sp³-hybridized carbons (Fsp3) is 0.571. The topological polar surface area (TPSA) is 101 Å². The molecule has 3 atom stereocenters. The minimum atomic E-state index is -2.23. The van der Waals surface area contributed by atoms with Gasteiger partial charge in [-0.1, -0.05) is 30.1 Å². The standard InChI is InChI=1S/C14H22O5S/c1-2-10-3-6-13(14(17)7-10)11(9-20(18)19)4-5-12(16)8-15/h3,6-7,11-12,15-17H,2,4-5,8-9H2,1H3,(H,18,19)/p-1. The Bertz CT molecular complexity index is 449. The molecule has 0 bridgehead atoms. The van der Waals surface area contributed by atoms with Crippen LogP contribution < -0.4 is 0 Å². The van der Waals surface area contributed by atoms with Crippen LogP contribution in [0, 0.1) is 0 Å². The summed E-state index contributed by atoms with van der Waals surface area (Å²) in [6.07, 6.45) is 0.590. The van der Waals surface area contributed by atoms with E-state index in [1.807, 2.05) is 13.0 Å². The largest absolute Gasteiger partial charge is 0.772 e. The smallest absolute Gasteiger partial charge is 0.119 e. The Balaban J connectivity index is 2.89. The van der Waals surface area contributed by atoms with E-state index in [1.165, 1.54) is 0 Å². The zero-order chi connectivity index (χ0) is 15.1. The normalized spacial score (nSPS) is 15.8. The summed E-state index contributed by atoms with van der Waals surface area (Å²) in [5, 5.41) is 28.2. The Kier molecular flexibility index (Phi) is 7.15. The summed E-state index contributed by atoms with van der Waals surface area (Å²) < 4.78 is 21.9. The molecule has 0 saturated heterocycles. The maximum atomic E-state index is 10.9. The monoisotopic (exact) mass is 301 g/mol. The average molecular weight is 301 g/mol. The van der Waals surface area contributed by atoms with Gasteiger partial charge < -0.3 is 19.9 Å². The SMILES string of the molecule is CCc1ccc(C(CCC(O)CO)CS(=O)[O-])c(O)c1. The predicted octanol–water partition coefficient (Wildman–Crippen LogP) is 1.05. The lowest BCUT2D eigenvalue weighted by Gasteiger charge is -2.21. The third-order valence-corrected chi connectivity index (χ3v) is 4.01. The van der Waals surface area contributed by atoms with Crippen LogP contribution >= 0.6 is 0 Å². The van der Waals surface area contributed by atoms with Crippen molar-refractivity contribution in [3.05, 3.63) is 29.3 Å². The summed E-state index contributed by atoms with van der Waals surface area (Å²) >= 11 is -2.23. The van der Waals surface area contributed by atoms with Crippen molar-refractivity contribution < 1.29 is 24.1 Å². The van der Waals surface area contributed by atoms with Crippen molar-refractivity contribution in [2.75, 3.05) is 12.4 Å². The molecule has 0 aliphatic carbocycles. The van der Waals surface area contributed by atoms with Crippen LogP contribution in [0.25, 0.3) is 0 Å². The van der Waals surface area contributed by atoms with Crippen LogP contribution in [-0.4, -0.2) is 42.5 Å². The number of aliphatic hydroxyl groups is 2. The number of phenols is 1. The zero-order valence-electron chi connectivity index (χ0n) is 11.5. The summed E-state index contributed by atoms with van der Waals surface area (Å²) in [5.41, 5.74) is 1.54. The summed E-state index contributed by atoms with van der Waals surface area (Å²) in [7, 11) is 0. The molecule has 3 N–H and O–H groups in total.